The van der Waals surface area contributed by atoms with Crippen molar-refractivity contribution < 1.29 is 18.0 Å². The van der Waals surface area contributed by atoms with Gasteiger partial charge in [0.2, 0.25) is 0 Å². The molecule has 2 rings (SSSR count). The van der Waals surface area contributed by atoms with E-state index in [4.69, 9.17) is 11.5 Å². The second kappa shape index (κ2) is 5.12. The van der Waals surface area contributed by atoms with E-state index in [0.29, 0.717) is 5.69 Å². The van der Waals surface area contributed by atoms with Gasteiger partial charge in [0.1, 0.15) is 0 Å². The molecule has 0 aliphatic rings. The fourth-order valence-corrected chi connectivity index (χ4v) is 1.66. The van der Waals surface area contributed by atoms with Crippen LogP contribution in [0.15, 0.2) is 30.3 Å². The molecule has 1 amide bonds. The lowest BCUT2D eigenvalue weighted by atomic mass is 10.1. The lowest BCUT2D eigenvalue weighted by Gasteiger charge is -2.11. The Kier molecular flexibility index (Phi) is 3.51. The van der Waals surface area contributed by atoms with Crippen LogP contribution in [0.5, 0.6) is 0 Å². The van der Waals surface area contributed by atoms with Gasteiger partial charge in [0.05, 0.1) is 11.3 Å². The molecule has 5 N–H and O–H groups in total. The molecular formula is C13H10F3N3O. The van der Waals surface area contributed by atoms with Gasteiger partial charge in [-0.15, -0.1) is 0 Å². The van der Waals surface area contributed by atoms with Crippen LogP contribution < -0.4 is 16.8 Å². The Balaban J connectivity index is 2.42. The molecule has 0 aliphatic carbocycles. The summed E-state index contributed by atoms with van der Waals surface area (Å²) in [6.45, 7) is 0. The molecule has 0 unspecified atom stereocenters. The Labute approximate surface area is 112 Å². The maximum Gasteiger partial charge on any atom is 0.250 e. The van der Waals surface area contributed by atoms with Gasteiger partial charge in [-0.25, -0.2) is 13.2 Å². The number of anilines is 3. The summed E-state index contributed by atoms with van der Waals surface area (Å²) in [4.78, 5) is 11.3. The van der Waals surface area contributed by atoms with Crippen LogP contribution in [0.2, 0.25) is 0 Å². The molecule has 0 fully saturated rings. The van der Waals surface area contributed by atoms with Gasteiger partial charge in [0.15, 0.2) is 17.5 Å². The van der Waals surface area contributed by atoms with Gasteiger partial charge < -0.3 is 16.8 Å². The van der Waals surface area contributed by atoms with Crippen LogP contribution in [0.1, 0.15) is 10.4 Å². The smallest absolute Gasteiger partial charge is 0.250 e. The zero-order chi connectivity index (χ0) is 14.9. The molecule has 0 bridgehead atoms. The average Bonchev–Trinajstić information content (AvgIpc) is 2.37. The van der Waals surface area contributed by atoms with Gasteiger partial charge >= 0.3 is 0 Å². The highest BCUT2D eigenvalue weighted by Gasteiger charge is 2.13. The van der Waals surface area contributed by atoms with E-state index in [0.717, 1.165) is 12.1 Å². The van der Waals surface area contributed by atoms with Crippen molar-refractivity contribution in [1.29, 1.82) is 0 Å². The first-order valence-corrected chi connectivity index (χ1v) is 5.49. The van der Waals surface area contributed by atoms with Gasteiger partial charge in [-0.1, -0.05) is 0 Å². The van der Waals surface area contributed by atoms with E-state index >= 15 is 0 Å². The van der Waals surface area contributed by atoms with Crippen LogP contribution >= 0.6 is 0 Å². The molecular weight excluding hydrogens is 271 g/mol. The largest absolute Gasteiger partial charge is 0.399 e. The van der Waals surface area contributed by atoms with Crippen molar-refractivity contribution >= 4 is 23.0 Å². The van der Waals surface area contributed by atoms with E-state index in [1.807, 2.05) is 0 Å². The SMILES string of the molecule is NC(=O)c1cc(N)ccc1Nc1cc(F)c(F)c(F)c1. The van der Waals surface area contributed by atoms with Crippen molar-refractivity contribution in [3.05, 3.63) is 53.3 Å². The highest BCUT2D eigenvalue weighted by molar-refractivity contribution is 6.00. The molecule has 0 spiro atoms. The minimum absolute atomic E-state index is 0.0511. The summed E-state index contributed by atoms with van der Waals surface area (Å²) in [7, 11) is 0. The highest BCUT2D eigenvalue weighted by atomic mass is 19.2. The van der Waals surface area contributed by atoms with Gasteiger partial charge in [-0.05, 0) is 18.2 Å². The molecule has 0 aliphatic heterocycles. The topological polar surface area (TPSA) is 81.1 Å². The maximum atomic E-state index is 13.1. The van der Waals surface area contributed by atoms with Crippen LogP contribution in [0.25, 0.3) is 0 Å². The van der Waals surface area contributed by atoms with Crippen molar-refractivity contribution in [1.82, 2.24) is 0 Å². The predicted molar refractivity (Wildman–Crippen MR) is 69.0 cm³/mol. The molecule has 0 radical (unpaired) electrons. The van der Waals surface area contributed by atoms with Crippen LogP contribution in [-0.4, -0.2) is 5.91 Å². The van der Waals surface area contributed by atoms with Crippen LogP contribution in [0.3, 0.4) is 0 Å². The Morgan fingerprint density at radius 2 is 1.65 bits per heavy atom. The fraction of sp³-hybridized carbons (Fsp3) is 0. The average molecular weight is 281 g/mol. The Hall–Kier alpha value is -2.70. The molecule has 0 aromatic heterocycles. The quantitative estimate of drug-likeness (QED) is 0.597. The number of rotatable bonds is 3. The Morgan fingerprint density at radius 3 is 2.20 bits per heavy atom. The second-order valence-electron chi connectivity index (χ2n) is 4.05. The summed E-state index contributed by atoms with van der Waals surface area (Å²) >= 11 is 0. The van der Waals surface area contributed by atoms with Crippen molar-refractivity contribution in [2.75, 3.05) is 11.1 Å². The number of benzene rings is 2. The Morgan fingerprint density at radius 1 is 1.05 bits per heavy atom. The lowest BCUT2D eigenvalue weighted by Crippen LogP contribution is -2.14. The number of carbonyl (C=O) groups is 1. The summed E-state index contributed by atoms with van der Waals surface area (Å²) in [6.07, 6.45) is 0. The van der Waals surface area contributed by atoms with Crippen molar-refractivity contribution in [2.45, 2.75) is 0 Å². The standard InChI is InChI=1S/C13H10F3N3O/c14-9-4-7(5-10(15)12(9)16)19-11-2-1-6(17)3-8(11)13(18)20/h1-5,19H,17H2,(H2,18,20). The zero-order valence-electron chi connectivity index (χ0n) is 10.1. The lowest BCUT2D eigenvalue weighted by molar-refractivity contribution is 0.100. The number of hydrogen-bond acceptors (Lipinski definition) is 3. The van der Waals surface area contributed by atoms with E-state index in [-0.39, 0.29) is 16.9 Å². The first-order chi connectivity index (χ1) is 9.38. The summed E-state index contributed by atoms with van der Waals surface area (Å²) in [6, 6.07) is 5.75. The molecule has 4 nitrogen and oxygen atoms in total. The normalized spacial score (nSPS) is 10.3. The maximum absolute atomic E-state index is 13.1. The first kappa shape index (κ1) is 13.7. The summed E-state index contributed by atoms with van der Waals surface area (Å²) in [5.41, 5.74) is 11.2. The zero-order valence-corrected chi connectivity index (χ0v) is 10.1. The van der Waals surface area contributed by atoms with Gasteiger partial charge in [-0.3, -0.25) is 4.79 Å². The molecule has 7 heteroatoms. The molecule has 104 valence electrons. The fourth-order valence-electron chi connectivity index (χ4n) is 1.66. The van der Waals surface area contributed by atoms with Crippen LogP contribution in [0, 0.1) is 17.5 Å². The van der Waals surface area contributed by atoms with Gasteiger partial charge in [0, 0.05) is 23.5 Å². The number of nitrogens with two attached hydrogens (primary N) is 2. The van der Waals surface area contributed by atoms with Crippen molar-refractivity contribution in [3.63, 3.8) is 0 Å². The number of halogens is 3. The number of nitrogen functional groups attached to an aromatic ring is 1. The van der Waals surface area contributed by atoms with E-state index in [9.17, 15) is 18.0 Å². The van der Waals surface area contributed by atoms with Crippen LogP contribution in [0.4, 0.5) is 30.2 Å². The van der Waals surface area contributed by atoms with E-state index in [2.05, 4.69) is 5.32 Å². The third-order valence-corrected chi connectivity index (χ3v) is 2.57. The molecule has 20 heavy (non-hydrogen) atoms. The second-order valence-corrected chi connectivity index (χ2v) is 4.05. The monoisotopic (exact) mass is 281 g/mol. The third kappa shape index (κ3) is 2.66. The molecule has 0 saturated carbocycles. The van der Waals surface area contributed by atoms with Gasteiger partial charge in [0.25, 0.3) is 5.91 Å². The number of hydrogen-bond donors (Lipinski definition) is 3. The van der Waals surface area contributed by atoms with Gasteiger partial charge in [-0.2, -0.15) is 0 Å². The molecule has 2 aromatic rings. The number of nitrogens with one attached hydrogen (secondary N) is 1. The summed E-state index contributed by atoms with van der Waals surface area (Å²) < 4.78 is 39.0. The third-order valence-electron chi connectivity index (χ3n) is 2.57. The first-order valence-electron chi connectivity index (χ1n) is 5.49. The molecule has 0 atom stereocenters. The Bertz CT molecular complexity index is 666. The molecule has 2 aromatic carbocycles. The van der Waals surface area contributed by atoms with E-state index in [1.165, 1.54) is 18.2 Å². The summed E-state index contributed by atoms with van der Waals surface area (Å²) in [5, 5.41) is 2.59. The predicted octanol–water partition coefficient (Wildman–Crippen LogP) is 2.53. The number of primary amides is 1. The van der Waals surface area contributed by atoms with Crippen molar-refractivity contribution in [2.24, 2.45) is 5.73 Å². The number of amides is 1. The number of carbonyl (C=O) groups excluding carboxylic acids is 1. The summed E-state index contributed by atoms with van der Waals surface area (Å²) in [5.74, 6) is -5.02. The molecule has 0 heterocycles. The van der Waals surface area contributed by atoms with E-state index in [1.54, 1.807) is 0 Å². The molecule has 0 saturated heterocycles. The van der Waals surface area contributed by atoms with Crippen LogP contribution in [-0.2, 0) is 0 Å². The minimum atomic E-state index is -1.57. The highest BCUT2D eigenvalue weighted by Crippen LogP contribution is 2.25. The van der Waals surface area contributed by atoms with E-state index < -0.39 is 23.4 Å². The van der Waals surface area contributed by atoms with Crippen molar-refractivity contribution in [3.8, 4) is 0 Å². The minimum Gasteiger partial charge on any atom is -0.399 e.